The molecule has 16 heavy (non-hydrogen) atoms. The van der Waals surface area contributed by atoms with E-state index in [9.17, 15) is 0 Å². The van der Waals surface area contributed by atoms with E-state index in [2.05, 4.69) is 21.7 Å². The molecule has 0 bridgehead atoms. The summed E-state index contributed by atoms with van der Waals surface area (Å²) in [7, 11) is 0. The average molecular weight is 240 g/mol. The van der Waals surface area contributed by atoms with E-state index in [4.69, 9.17) is 5.73 Å². The summed E-state index contributed by atoms with van der Waals surface area (Å²) in [5.74, 6) is 0. The Morgan fingerprint density at radius 2 is 2.19 bits per heavy atom. The first-order valence-electron chi connectivity index (χ1n) is 5.92. The molecule has 0 saturated carbocycles. The van der Waals surface area contributed by atoms with Crippen molar-refractivity contribution in [3.63, 3.8) is 0 Å². The Hall–Kier alpha value is -0.650. The smallest absolute Gasteiger partial charge is 0.185 e. The van der Waals surface area contributed by atoms with Crippen LogP contribution in [-0.2, 0) is 0 Å². The molecule has 2 N–H and O–H groups in total. The maximum atomic E-state index is 5.97. The summed E-state index contributed by atoms with van der Waals surface area (Å²) in [5.41, 5.74) is 5.97. The highest BCUT2D eigenvalue weighted by Crippen LogP contribution is 2.18. The summed E-state index contributed by atoms with van der Waals surface area (Å²) in [4.78, 5) is 9.16. The van der Waals surface area contributed by atoms with E-state index in [0.717, 1.165) is 44.3 Å². The molecule has 1 saturated heterocycles. The van der Waals surface area contributed by atoms with Gasteiger partial charge in [-0.25, -0.2) is 4.98 Å². The average Bonchev–Trinajstić information content (AvgIpc) is 2.83. The summed E-state index contributed by atoms with van der Waals surface area (Å²) in [6.07, 6.45) is 2.94. The molecule has 1 aliphatic heterocycles. The lowest BCUT2D eigenvalue weighted by Gasteiger charge is -2.35. The van der Waals surface area contributed by atoms with Crippen LogP contribution in [0.1, 0.15) is 13.3 Å². The first kappa shape index (κ1) is 11.8. The van der Waals surface area contributed by atoms with E-state index < -0.39 is 0 Å². The Morgan fingerprint density at radius 1 is 1.44 bits per heavy atom. The molecular formula is C11H20N4S. The molecule has 1 aliphatic rings. The summed E-state index contributed by atoms with van der Waals surface area (Å²) >= 11 is 1.72. The quantitative estimate of drug-likeness (QED) is 0.853. The number of nitrogens with zero attached hydrogens (tertiary/aromatic N) is 3. The third kappa shape index (κ3) is 2.93. The van der Waals surface area contributed by atoms with Gasteiger partial charge in [0.15, 0.2) is 5.13 Å². The molecule has 1 atom stereocenters. The molecule has 0 radical (unpaired) electrons. The molecule has 1 fully saturated rings. The van der Waals surface area contributed by atoms with Gasteiger partial charge in [0.1, 0.15) is 0 Å². The highest BCUT2D eigenvalue weighted by molar-refractivity contribution is 7.13. The van der Waals surface area contributed by atoms with Crippen molar-refractivity contribution in [1.29, 1.82) is 0 Å². The van der Waals surface area contributed by atoms with Gasteiger partial charge in [-0.3, -0.25) is 4.90 Å². The summed E-state index contributed by atoms with van der Waals surface area (Å²) in [5, 5.41) is 3.19. The van der Waals surface area contributed by atoms with E-state index in [1.165, 1.54) is 0 Å². The SMILES string of the molecule is CCC(N)CN1CCN(c2nccs2)CC1. The Labute approximate surface area is 101 Å². The van der Waals surface area contributed by atoms with Crippen LogP contribution in [-0.4, -0.2) is 48.6 Å². The molecule has 1 aromatic heterocycles. The van der Waals surface area contributed by atoms with Crippen molar-refractivity contribution in [2.45, 2.75) is 19.4 Å². The van der Waals surface area contributed by atoms with E-state index in [1.807, 2.05) is 11.6 Å². The maximum Gasteiger partial charge on any atom is 0.185 e. The minimum absolute atomic E-state index is 0.325. The van der Waals surface area contributed by atoms with Gasteiger partial charge in [-0.15, -0.1) is 11.3 Å². The molecule has 0 amide bonds. The number of anilines is 1. The van der Waals surface area contributed by atoms with Crippen LogP contribution < -0.4 is 10.6 Å². The van der Waals surface area contributed by atoms with Crippen LogP contribution in [0.5, 0.6) is 0 Å². The van der Waals surface area contributed by atoms with Gasteiger partial charge in [-0.2, -0.15) is 0 Å². The van der Waals surface area contributed by atoms with Gasteiger partial charge < -0.3 is 10.6 Å². The predicted molar refractivity (Wildman–Crippen MR) is 69.0 cm³/mol. The summed E-state index contributed by atoms with van der Waals surface area (Å²) in [6.45, 7) is 7.53. The molecule has 5 heteroatoms. The van der Waals surface area contributed by atoms with Crippen LogP contribution >= 0.6 is 11.3 Å². The van der Waals surface area contributed by atoms with Crippen molar-refractivity contribution in [2.75, 3.05) is 37.6 Å². The second kappa shape index (κ2) is 5.61. The summed E-state index contributed by atoms with van der Waals surface area (Å²) in [6, 6.07) is 0.325. The zero-order chi connectivity index (χ0) is 11.4. The lowest BCUT2D eigenvalue weighted by atomic mass is 10.2. The van der Waals surface area contributed by atoms with Crippen molar-refractivity contribution in [3.05, 3.63) is 11.6 Å². The first-order valence-corrected chi connectivity index (χ1v) is 6.80. The lowest BCUT2D eigenvalue weighted by Crippen LogP contribution is -2.49. The molecule has 0 aromatic carbocycles. The number of hydrogen-bond donors (Lipinski definition) is 1. The molecule has 2 heterocycles. The molecule has 4 nitrogen and oxygen atoms in total. The monoisotopic (exact) mass is 240 g/mol. The molecule has 0 aliphatic carbocycles. The van der Waals surface area contributed by atoms with Crippen molar-refractivity contribution < 1.29 is 0 Å². The van der Waals surface area contributed by atoms with Crippen molar-refractivity contribution >= 4 is 16.5 Å². The molecule has 1 aromatic rings. The van der Waals surface area contributed by atoms with Gasteiger partial charge >= 0.3 is 0 Å². The molecule has 0 spiro atoms. The third-order valence-electron chi connectivity index (χ3n) is 3.08. The van der Waals surface area contributed by atoms with Crippen LogP contribution in [0.25, 0.3) is 0 Å². The number of aromatic nitrogens is 1. The number of thiazole rings is 1. The molecule has 90 valence electrons. The fourth-order valence-corrected chi connectivity index (χ4v) is 2.65. The highest BCUT2D eigenvalue weighted by atomic mass is 32.1. The van der Waals surface area contributed by atoms with Gasteiger partial charge in [0, 0.05) is 50.3 Å². The standard InChI is InChI=1S/C11H20N4S/c1-2-10(12)9-14-4-6-15(7-5-14)11-13-3-8-16-11/h3,8,10H,2,4-7,9,12H2,1H3. The zero-order valence-corrected chi connectivity index (χ0v) is 10.6. The minimum Gasteiger partial charge on any atom is -0.346 e. The van der Waals surface area contributed by atoms with Gasteiger partial charge in [0.25, 0.3) is 0 Å². The minimum atomic E-state index is 0.325. The predicted octanol–water partition coefficient (Wildman–Crippen LogP) is 1.00. The van der Waals surface area contributed by atoms with Crippen LogP contribution in [0.2, 0.25) is 0 Å². The largest absolute Gasteiger partial charge is 0.346 e. The second-order valence-corrected chi connectivity index (χ2v) is 5.14. The Bertz CT molecular complexity index is 293. The number of hydrogen-bond acceptors (Lipinski definition) is 5. The van der Waals surface area contributed by atoms with Crippen molar-refractivity contribution in [3.8, 4) is 0 Å². The Balaban J connectivity index is 1.78. The van der Waals surface area contributed by atoms with Gasteiger partial charge in [0.2, 0.25) is 0 Å². The number of nitrogens with two attached hydrogens (primary N) is 1. The highest BCUT2D eigenvalue weighted by Gasteiger charge is 2.19. The number of rotatable bonds is 4. The van der Waals surface area contributed by atoms with E-state index in [1.54, 1.807) is 11.3 Å². The van der Waals surface area contributed by atoms with Crippen molar-refractivity contribution in [1.82, 2.24) is 9.88 Å². The Kier molecular flexibility index (Phi) is 4.15. The third-order valence-corrected chi connectivity index (χ3v) is 3.91. The van der Waals surface area contributed by atoms with Gasteiger partial charge in [-0.05, 0) is 6.42 Å². The molecule has 1 unspecified atom stereocenters. The zero-order valence-electron chi connectivity index (χ0n) is 9.80. The fourth-order valence-electron chi connectivity index (χ4n) is 1.95. The molecule has 2 rings (SSSR count). The van der Waals surface area contributed by atoms with Crippen LogP contribution in [0.3, 0.4) is 0 Å². The van der Waals surface area contributed by atoms with Gasteiger partial charge in [-0.1, -0.05) is 6.92 Å². The maximum absolute atomic E-state index is 5.97. The van der Waals surface area contributed by atoms with Crippen LogP contribution in [0, 0.1) is 0 Å². The normalized spacial score (nSPS) is 20.0. The fraction of sp³-hybridized carbons (Fsp3) is 0.727. The number of piperazine rings is 1. The van der Waals surface area contributed by atoms with E-state index in [-0.39, 0.29) is 0 Å². The Morgan fingerprint density at radius 3 is 2.75 bits per heavy atom. The van der Waals surface area contributed by atoms with Crippen LogP contribution in [0.4, 0.5) is 5.13 Å². The summed E-state index contributed by atoms with van der Waals surface area (Å²) < 4.78 is 0. The van der Waals surface area contributed by atoms with Crippen molar-refractivity contribution in [2.24, 2.45) is 5.73 Å². The van der Waals surface area contributed by atoms with Gasteiger partial charge in [0.05, 0.1) is 0 Å². The van der Waals surface area contributed by atoms with Crippen LogP contribution in [0.15, 0.2) is 11.6 Å². The topological polar surface area (TPSA) is 45.4 Å². The second-order valence-electron chi connectivity index (χ2n) is 4.27. The van der Waals surface area contributed by atoms with E-state index >= 15 is 0 Å². The first-order chi connectivity index (χ1) is 7.79. The molecular weight excluding hydrogens is 220 g/mol. The lowest BCUT2D eigenvalue weighted by molar-refractivity contribution is 0.240. The van der Waals surface area contributed by atoms with E-state index in [0.29, 0.717) is 6.04 Å².